The van der Waals surface area contributed by atoms with Crippen molar-refractivity contribution in [2.75, 3.05) is 5.32 Å². The predicted octanol–water partition coefficient (Wildman–Crippen LogP) is 5.03. The molecule has 9 heteroatoms. The van der Waals surface area contributed by atoms with E-state index in [0.717, 1.165) is 11.1 Å². The first-order valence-electron chi connectivity index (χ1n) is 9.01. The standard InChI is InChI=1S/C21H15ClN2O5S/c22-15-4-1-11(2-5-15)19-18(21(26)27)17(10-30-19)23-20(25)14-7-12-3-6-16(24(28)29)9-13(12)8-14/h1-6,9-10,14H,7-8H2,(H,23,25)(H,26,27). The highest BCUT2D eigenvalue weighted by molar-refractivity contribution is 7.14. The summed E-state index contributed by atoms with van der Waals surface area (Å²) in [6.07, 6.45) is 0.829. The number of aromatic carboxylic acids is 1. The van der Waals surface area contributed by atoms with Gasteiger partial charge in [0.1, 0.15) is 5.56 Å². The number of carboxylic acids is 1. The van der Waals surface area contributed by atoms with E-state index in [-0.39, 0.29) is 22.8 Å². The van der Waals surface area contributed by atoms with Crippen molar-refractivity contribution in [3.8, 4) is 10.4 Å². The third-order valence-corrected chi connectivity index (χ3v) is 6.35. The third kappa shape index (κ3) is 3.79. The Morgan fingerprint density at radius 2 is 1.83 bits per heavy atom. The Morgan fingerprint density at radius 1 is 1.13 bits per heavy atom. The van der Waals surface area contributed by atoms with Crippen LogP contribution < -0.4 is 5.32 Å². The number of nitrogens with zero attached hydrogens (tertiary/aromatic N) is 1. The molecule has 30 heavy (non-hydrogen) atoms. The van der Waals surface area contributed by atoms with Crippen LogP contribution in [0.4, 0.5) is 11.4 Å². The van der Waals surface area contributed by atoms with E-state index < -0.39 is 16.8 Å². The van der Waals surface area contributed by atoms with Crippen LogP contribution >= 0.6 is 22.9 Å². The van der Waals surface area contributed by atoms with Crippen molar-refractivity contribution in [3.63, 3.8) is 0 Å². The molecule has 1 heterocycles. The minimum absolute atomic E-state index is 0.00610. The van der Waals surface area contributed by atoms with E-state index in [9.17, 15) is 24.8 Å². The monoisotopic (exact) mass is 442 g/mol. The molecule has 0 saturated heterocycles. The molecule has 152 valence electrons. The van der Waals surface area contributed by atoms with Gasteiger partial charge in [0.25, 0.3) is 5.69 Å². The van der Waals surface area contributed by atoms with Crippen molar-refractivity contribution in [1.82, 2.24) is 0 Å². The largest absolute Gasteiger partial charge is 0.478 e. The van der Waals surface area contributed by atoms with Crippen molar-refractivity contribution in [3.05, 3.63) is 79.7 Å². The smallest absolute Gasteiger partial charge is 0.339 e. The van der Waals surface area contributed by atoms with Gasteiger partial charge in [0.05, 0.1) is 15.5 Å². The number of carboxylic acid groups (broad SMARTS) is 1. The zero-order chi connectivity index (χ0) is 21.4. The average molecular weight is 443 g/mol. The van der Waals surface area contributed by atoms with E-state index in [1.54, 1.807) is 35.7 Å². The number of rotatable bonds is 5. The Labute approximate surface area is 180 Å². The second kappa shape index (κ2) is 7.89. The summed E-state index contributed by atoms with van der Waals surface area (Å²) in [6, 6.07) is 11.4. The van der Waals surface area contributed by atoms with Crippen molar-refractivity contribution in [2.45, 2.75) is 12.8 Å². The van der Waals surface area contributed by atoms with Crippen molar-refractivity contribution in [2.24, 2.45) is 5.92 Å². The molecule has 3 aromatic rings. The second-order valence-electron chi connectivity index (χ2n) is 6.97. The molecule has 2 N–H and O–H groups in total. The van der Waals surface area contributed by atoms with Gasteiger partial charge < -0.3 is 10.4 Å². The number of benzene rings is 2. The molecule has 1 aliphatic rings. The number of nitrogens with one attached hydrogen (secondary N) is 1. The number of non-ortho nitro benzene ring substituents is 1. The summed E-state index contributed by atoms with van der Waals surface area (Å²) in [5.74, 6) is -1.86. The van der Waals surface area contributed by atoms with Crippen LogP contribution in [0.3, 0.4) is 0 Å². The molecule has 1 aromatic heterocycles. The maximum Gasteiger partial charge on any atom is 0.339 e. The van der Waals surface area contributed by atoms with Crippen LogP contribution in [0.2, 0.25) is 5.02 Å². The molecule has 0 aliphatic heterocycles. The molecule has 2 aromatic carbocycles. The fraction of sp³-hybridized carbons (Fsp3) is 0.143. The lowest BCUT2D eigenvalue weighted by Gasteiger charge is -2.10. The first-order valence-corrected chi connectivity index (χ1v) is 10.3. The summed E-state index contributed by atoms with van der Waals surface area (Å²) >= 11 is 7.13. The molecule has 1 atom stereocenters. The summed E-state index contributed by atoms with van der Waals surface area (Å²) in [5, 5.41) is 25.6. The van der Waals surface area contributed by atoms with Gasteiger partial charge in [-0.15, -0.1) is 11.3 Å². The van der Waals surface area contributed by atoms with Crippen molar-refractivity contribution < 1.29 is 19.6 Å². The van der Waals surface area contributed by atoms with Crippen LogP contribution in [0.25, 0.3) is 10.4 Å². The van der Waals surface area contributed by atoms with Gasteiger partial charge in [0.2, 0.25) is 5.91 Å². The zero-order valence-electron chi connectivity index (χ0n) is 15.4. The summed E-state index contributed by atoms with van der Waals surface area (Å²) < 4.78 is 0. The fourth-order valence-corrected chi connectivity index (χ4v) is 4.74. The van der Waals surface area contributed by atoms with Gasteiger partial charge in [-0.2, -0.15) is 0 Å². The summed E-state index contributed by atoms with van der Waals surface area (Å²) in [6.45, 7) is 0. The van der Waals surface area contributed by atoms with Gasteiger partial charge >= 0.3 is 5.97 Å². The summed E-state index contributed by atoms with van der Waals surface area (Å²) in [7, 11) is 0. The number of anilines is 1. The lowest BCUT2D eigenvalue weighted by atomic mass is 10.0. The number of halogens is 1. The van der Waals surface area contributed by atoms with E-state index in [1.807, 2.05) is 0 Å². The number of fused-ring (bicyclic) bond motifs is 1. The molecule has 1 unspecified atom stereocenters. The number of hydrogen-bond donors (Lipinski definition) is 2. The molecule has 4 rings (SSSR count). The minimum atomic E-state index is -1.14. The van der Waals surface area contributed by atoms with E-state index in [2.05, 4.69) is 5.32 Å². The average Bonchev–Trinajstić information content (AvgIpc) is 3.32. The van der Waals surface area contributed by atoms with E-state index in [4.69, 9.17) is 11.6 Å². The van der Waals surface area contributed by atoms with Gasteiger partial charge in [-0.1, -0.05) is 29.8 Å². The fourth-order valence-electron chi connectivity index (χ4n) is 3.61. The van der Waals surface area contributed by atoms with Crippen molar-refractivity contribution >= 4 is 46.2 Å². The highest BCUT2D eigenvalue weighted by Crippen LogP contribution is 2.37. The minimum Gasteiger partial charge on any atom is -0.478 e. The molecule has 1 amide bonds. The molecule has 0 bridgehead atoms. The number of hydrogen-bond acceptors (Lipinski definition) is 5. The van der Waals surface area contributed by atoms with Crippen LogP contribution in [0, 0.1) is 16.0 Å². The number of nitro groups is 1. The van der Waals surface area contributed by atoms with Crippen LogP contribution in [0.5, 0.6) is 0 Å². The Balaban J connectivity index is 1.56. The topological polar surface area (TPSA) is 110 Å². The Kier molecular flexibility index (Phi) is 5.27. The predicted molar refractivity (Wildman–Crippen MR) is 114 cm³/mol. The van der Waals surface area contributed by atoms with Gasteiger partial charge in [-0.05, 0) is 41.7 Å². The first-order chi connectivity index (χ1) is 14.3. The van der Waals surface area contributed by atoms with Gasteiger partial charge in [0, 0.05) is 28.5 Å². The van der Waals surface area contributed by atoms with E-state index >= 15 is 0 Å². The number of amides is 1. The maximum atomic E-state index is 12.8. The van der Waals surface area contributed by atoms with Gasteiger partial charge in [0.15, 0.2) is 0 Å². The second-order valence-corrected chi connectivity index (χ2v) is 8.29. The molecule has 0 fully saturated rings. The SMILES string of the molecule is O=C(O)c1c(NC(=O)C2Cc3ccc([N+](=O)[O-])cc3C2)csc1-c1ccc(Cl)cc1. The third-order valence-electron chi connectivity index (χ3n) is 5.07. The molecule has 0 radical (unpaired) electrons. The Hall–Kier alpha value is -3.23. The Morgan fingerprint density at radius 3 is 2.50 bits per heavy atom. The highest BCUT2D eigenvalue weighted by atomic mass is 35.5. The summed E-state index contributed by atoms with van der Waals surface area (Å²) in [4.78, 5) is 35.7. The van der Waals surface area contributed by atoms with Crippen LogP contribution in [-0.4, -0.2) is 21.9 Å². The molecule has 0 saturated carbocycles. The lowest BCUT2D eigenvalue weighted by Crippen LogP contribution is -2.23. The van der Waals surface area contributed by atoms with Crippen LogP contribution in [0.15, 0.2) is 47.8 Å². The van der Waals surface area contributed by atoms with Gasteiger partial charge in [-0.3, -0.25) is 14.9 Å². The number of carbonyl (C=O) groups is 2. The van der Waals surface area contributed by atoms with Crippen LogP contribution in [-0.2, 0) is 17.6 Å². The molecule has 7 nitrogen and oxygen atoms in total. The maximum absolute atomic E-state index is 12.8. The number of carbonyl (C=O) groups excluding carboxylic acids is 1. The van der Waals surface area contributed by atoms with E-state index in [0.29, 0.717) is 28.3 Å². The van der Waals surface area contributed by atoms with Crippen molar-refractivity contribution in [1.29, 1.82) is 0 Å². The molecular formula is C21H15ClN2O5S. The Bertz CT molecular complexity index is 1170. The zero-order valence-corrected chi connectivity index (χ0v) is 17.0. The van der Waals surface area contributed by atoms with Gasteiger partial charge in [-0.25, -0.2) is 4.79 Å². The highest BCUT2D eigenvalue weighted by Gasteiger charge is 2.30. The first kappa shape index (κ1) is 20.1. The van der Waals surface area contributed by atoms with E-state index in [1.165, 1.54) is 23.5 Å². The molecular weight excluding hydrogens is 428 g/mol. The number of thiophene rings is 1. The molecule has 1 aliphatic carbocycles. The normalized spacial score (nSPS) is 14.9. The number of nitro benzene ring substituents is 1. The summed E-state index contributed by atoms with van der Waals surface area (Å²) in [5.41, 5.74) is 2.63. The quantitative estimate of drug-likeness (QED) is 0.425. The lowest BCUT2D eigenvalue weighted by molar-refractivity contribution is -0.384. The van der Waals surface area contributed by atoms with Crippen LogP contribution in [0.1, 0.15) is 21.5 Å². The molecule has 0 spiro atoms.